The van der Waals surface area contributed by atoms with Crippen LogP contribution in [0.5, 0.6) is 5.75 Å². The summed E-state index contributed by atoms with van der Waals surface area (Å²) in [6.07, 6.45) is 0.0743. The van der Waals surface area contributed by atoms with Crippen molar-refractivity contribution in [3.63, 3.8) is 0 Å². The second-order valence-corrected chi connectivity index (χ2v) is 7.88. The van der Waals surface area contributed by atoms with Gasteiger partial charge in [0.2, 0.25) is 5.43 Å². The van der Waals surface area contributed by atoms with Gasteiger partial charge < -0.3 is 14.4 Å². The molecule has 28 heavy (non-hydrogen) atoms. The number of rotatable bonds is 3. The van der Waals surface area contributed by atoms with Crippen LogP contribution in [0, 0.1) is 5.82 Å². The van der Waals surface area contributed by atoms with Crippen LogP contribution in [-0.4, -0.2) is 15.8 Å². The van der Waals surface area contributed by atoms with Crippen molar-refractivity contribution in [1.29, 1.82) is 0 Å². The Morgan fingerprint density at radius 1 is 1.25 bits per heavy atom. The molecule has 0 unspecified atom stereocenters. The van der Waals surface area contributed by atoms with Crippen LogP contribution in [0.3, 0.4) is 0 Å². The van der Waals surface area contributed by atoms with E-state index in [1.54, 1.807) is 28.8 Å². The summed E-state index contributed by atoms with van der Waals surface area (Å²) in [7, 11) is 0. The molecule has 1 heterocycles. The molecule has 1 N–H and O–H groups in total. The normalized spacial score (nSPS) is 11.6. The number of benzene rings is 2. The summed E-state index contributed by atoms with van der Waals surface area (Å²) in [5.74, 6) is -0.777. The van der Waals surface area contributed by atoms with E-state index in [4.69, 9.17) is 16.7 Å². The number of carboxylic acid groups (broad SMARTS) is 1. The molecule has 0 bridgehead atoms. The topological polar surface area (TPSA) is 68.5 Å². The van der Waals surface area contributed by atoms with E-state index in [1.807, 2.05) is 26.8 Å². The molecule has 0 saturated carbocycles. The van der Waals surface area contributed by atoms with Crippen molar-refractivity contribution < 1.29 is 19.0 Å². The number of carbonyl (C=O) groups is 1. The molecule has 0 aliphatic heterocycles. The van der Waals surface area contributed by atoms with Gasteiger partial charge in [-0.05, 0) is 50.1 Å². The maximum Gasteiger partial charge on any atom is 0.511 e. The SMILES string of the molecule is CC(C)(C)n1cc(OC(=O)O)c(=O)c2cc(Cc3cccc(Cl)c3F)ccc21. The molecule has 0 spiro atoms. The van der Waals surface area contributed by atoms with Gasteiger partial charge in [-0.1, -0.05) is 29.8 Å². The molecule has 0 atom stereocenters. The van der Waals surface area contributed by atoms with E-state index < -0.39 is 22.9 Å². The van der Waals surface area contributed by atoms with Crippen molar-refractivity contribution >= 4 is 28.7 Å². The van der Waals surface area contributed by atoms with E-state index >= 15 is 0 Å². The first-order valence-electron chi connectivity index (χ1n) is 8.60. The third kappa shape index (κ3) is 3.87. The lowest BCUT2D eigenvalue weighted by molar-refractivity contribution is 0.143. The Bertz CT molecular complexity index is 1130. The molecule has 0 fully saturated rings. The molecule has 7 heteroatoms. The second-order valence-electron chi connectivity index (χ2n) is 7.47. The molecule has 0 aliphatic carbocycles. The number of ether oxygens (including phenoxy) is 1. The minimum Gasteiger partial charge on any atom is -0.449 e. The minimum atomic E-state index is -1.56. The molecular weight excluding hydrogens is 385 g/mol. The van der Waals surface area contributed by atoms with E-state index in [-0.39, 0.29) is 17.2 Å². The summed E-state index contributed by atoms with van der Waals surface area (Å²) in [6.45, 7) is 5.78. The lowest BCUT2D eigenvalue weighted by Crippen LogP contribution is -2.26. The first-order valence-corrected chi connectivity index (χ1v) is 8.98. The highest BCUT2D eigenvalue weighted by atomic mass is 35.5. The maximum absolute atomic E-state index is 14.2. The molecule has 146 valence electrons. The second kappa shape index (κ2) is 7.28. The van der Waals surface area contributed by atoms with Crippen molar-refractivity contribution in [3.8, 4) is 5.75 Å². The molecule has 0 amide bonds. The average molecular weight is 404 g/mol. The molecule has 3 rings (SSSR count). The largest absolute Gasteiger partial charge is 0.511 e. The number of pyridine rings is 1. The number of halogens is 2. The summed E-state index contributed by atoms with van der Waals surface area (Å²) in [4.78, 5) is 23.7. The van der Waals surface area contributed by atoms with Crippen LogP contribution < -0.4 is 10.2 Å². The van der Waals surface area contributed by atoms with Gasteiger partial charge in [0, 0.05) is 17.3 Å². The van der Waals surface area contributed by atoms with Gasteiger partial charge >= 0.3 is 6.16 Å². The van der Waals surface area contributed by atoms with Gasteiger partial charge in [0.1, 0.15) is 5.82 Å². The van der Waals surface area contributed by atoms with Crippen molar-refractivity contribution in [2.24, 2.45) is 0 Å². The number of hydrogen-bond acceptors (Lipinski definition) is 3. The van der Waals surface area contributed by atoms with Crippen LogP contribution in [0.15, 0.2) is 47.4 Å². The van der Waals surface area contributed by atoms with Crippen LogP contribution in [0.2, 0.25) is 5.02 Å². The predicted octanol–water partition coefficient (Wildman–Crippen LogP) is 5.20. The monoisotopic (exact) mass is 403 g/mol. The first kappa shape index (κ1) is 19.9. The zero-order valence-corrected chi connectivity index (χ0v) is 16.4. The Kier molecular flexibility index (Phi) is 5.17. The Labute approximate surface area is 165 Å². The fourth-order valence-corrected chi connectivity index (χ4v) is 3.28. The predicted molar refractivity (Wildman–Crippen MR) is 106 cm³/mol. The Balaban J connectivity index is 2.19. The number of fused-ring (bicyclic) bond motifs is 1. The third-order valence-electron chi connectivity index (χ3n) is 4.38. The van der Waals surface area contributed by atoms with Gasteiger partial charge in [0.05, 0.1) is 16.7 Å². The van der Waals surface area contributed by atoms with Gasteiger partial charge in [-0.15, -0.1) is 0 Å². The Hall–Kier alpha value is -2.86. The van der Waals surface area contributed by atoms with Crippen molar-refractivity contribution in [2.75, 3.05) is 0 Å². The highest BCUT2D eigenvalue weighted by Gasteiger charge is 2.20. The van der Waals surface area contributed by atoms with Gasteiger partial charge in [0.15, 0.2) is 5.75 Å². The van der Waals surface area contributed by atoms with Crippen LogP contribution >= 0.6 is 11.6 Å². The Morgan fingerprint density at radius 3 is 2.61 bits per heavy atom. The van der Waals surface area contributed by atoms with E-state index in [9.17, 15) is 14.0 Å². The van der Waals surface area contributed by atoms with Gasteiger partial charge in [-0.25, -0.2) is 9.18 Å². The first-order chi connectivity index (χ1) is 13.1. The van der Waals surface area contributed by atoms with E-state index in [2.05, 4.69) is 4.74 Å². The quantitative estimate of drug-likeness (QED) is 0.610. The van der Waals surface area contributed by atoms with Crippen LogP contribution in [-0.2, 0) is 12.0 Å². The molecule has 0 saturated heterocycles. The van der Waals surface area contributed by atoms with E-state index in [0.717, 1.165) is 0 Å². The van der Waals surface area contributed by atoms with Gasteiger partial charge in [0.25, 0.3) is 0 Å². The molecule has 1 aromatic heterocycles. The summed E-state index contributed by atoms with van der Waals surface area (Å²) in [5, 5.41) is 9.27. The molecule has 3 aromatic rings. The van der Waals surface area contributed by atoms with Gasteiger partial charge in [-0.3, -0.25) is 4.79 Å². The fourth-order valence-electron chi connectivity index (χ4n) is 3.09. The maximum atomic E-state index is 14.2. The number of hydrogen-bond donors (Lipinski definition) is 1. The fraction of sp³-hybridized carbons (Fsp3) is 0.238. The zero-order chi connectivity index (χ0) is 20.6. The number of aromatic nitrogens is 1. The highest BCUT2D eigenvalue weighted by molar-refractivity contribution is 6.30. The molecule has 2 aromatic carbocycles. The van der Waals surface area contributed by atoms with Crippen molar-refractivity contribution in [3.05, 3.63) is 74.8 Å². The third-order valence-corrected chi connectivity index (χ3v) is 4.67. The molecule has 5 nitrogen and oxygen atoms in total. The van der Waals surface area contributed by atoms with Crippen LogP contribution in [0.4, 0.5) is 9.18 Å². The summed E-state index contributed by atoms with van der Waals surface area (Å²) in [5.41, 5.74) is 0.764. The highest BCUT2D eigenvalue weighted by Crippen LogP contribution is 2.26. The molecular formula is C21H19ClFNO4. The smallest absolute Gasteiger partial charge is 0.449 e. The lowest BCUT2D eigenvalue weighted by atomic mass is 10.0. The van der Waals surface area contributed by atoms with E-state index in [1.165, 1.54) is 12.3 Å². The standard InChI is InChI=1S/C21H19ClFNO4/c1-21(2,3)24-11-17(28-20(26)27)19(25)14-10-12(7-8-16(14)24)9-13-5-4-6-15(22)18(13)23/h4-8,10-11H,9H2,1-3H3,(H,26,27). The van der Waals surface area contributed by atoms with Crippen molar-refractivity contribution in [2.45, 2.75) is 32.7 Å². The van der Waals surface area contributed by atoms with Crippen LogP contribution in [0.1, 0.15) is 31.9 Å². The minimum absolute atomic E-state index is 0.0329. The summed E-state index contributed by atoms with van der Waals surface area (Å²) < 4.78 is 20.7. The van der Waals surface area contributed by atoms with Gasteiger partial charge in [-0.2, -0.15) is 0 Å². The summed E-state index contributed by atoms with van der Waals surface area (Å²) in [6, 6.07) is 9.97. The number of nitrogens with zero attached hydrogens (tertiary/aromatic N) is 1. The van der Waals surface area contributed by atoms with E-state index in [0.29, 0.717) is 22.0 Å². The van der Waals surface area contributed by atoms with Crippen molar-refractivity contribution in [1.82, 2.24) is 4.57 Å². The zero-order valence-electron chi connectivity index (χ0n) is 15.6. The Morgan fingerprint density at radius 2 is 1.96 bits per heavy atom. The summed E-state index contributed by atoms with van der Waals surface area (Å²) >= 11 is 5.84. The average Bonchev–Trinajstić information content (AvgIpc) is 2.60. The van der Waals surface area contributed by atoms with Crippen LogP contribution in [0.25, 0.3) is 10.9 Å². The lowest BCUT2D eigenvalue weighted by Gasteiger charge is -2.26. The molecule has 0 radical (unpaired) electrons. The molecule has 0 aliphatic rings.